The van der Waals surface area contributed by atoms with Crippen LogP contribution in [0.1, 0.15) is 56.9 Å². The van der Waals surface area contributed by atoms with Crippen molar-refractivity contribution in [2.75, 3.05) is 6.54 Å². The summed E-state index contributed by atoms with van der Waals surface area (Å²) in [5.74, 6) is 0.445. The normalized spacial score (nSPS) is 17.8. The third-order valence-corrected chi connectivity index (χ3v) is 4.55. The van der Waals surface area contributed by atoms with E-state index in [1.807, 2.05) is 18.2 Å². The minimum absolute atomic E-state index is 0. The van der Waals surface area contributed by atoms with Gasteiger partial charge in [-0.15, -0.1) is 12.4 Å². The lowest BCUT2D eigenvalue weighted by Crippen LogP contribution is -2.51. The summed E-state index contributed by atoms with van der Waals surface area (Å²) < 4.78 is 0. The topological polar surface area (TPSA) is 55.1 Å². The van der Waals surface area contributed by atoms with Crippen molar-refractivity contribution in [3.63, 3.8) is 0 Å². The highest BCUT2D eigenvalue weighted by Gasteiger charge is 2.34. The van der Waals surface area contributed by atoms with E-state index < -0.39 is 0 Å². The minimum atomic E-state index is -0.133. The van der Waals surface area contributed by atoms with E-state index >= 15 is 0 Å². The van der Waals surface area contributed by atoms with Crippen LogP contribution in [0.4, 0.5) is 0 Å². The quantitative estimate of drug-likeness (QED) is 0.846. The Hall–Kier alpha value is -1.06. The Kier molecular flexibility index (Phi) is 7.20. The molecule has 1 amide bonds. The standard InChI is InChI=1S/C17H26N2O.ClH/c1-2-14(15-8-4-3-5-9-15)12-16(20)19-17(13-18)10-6-7-11-17;/h3-5,8-9,14H,2,6-7,10-13,18H2,1H3,(H,19,20);1H. The van der Waals surface area contributed by atoms with E-state index in [9.17, 15) is 4.79 Å². The van der Waals surface area contributed by atoms with Gasteiger partial charge in [-0.1, -0.05) is 50.1 Å². The number of benzene rings is 1. The number of rotatable bonds is 6. The zero-order valence-corrected chi connectivity index (χ0v) is 13.6. The Morgan fingerprint density at radius 2 is 1.90 bits per heavy atom. The van der Waals surface area contributed by atoms with Crippen molar-refractivity contribution in [1.29, 1.82) is 0 Å². The smallest absolute Gasteiger partial charge is 0.221 e. The molecule has 1 unspecified atom stereocenters. The molecule has 21 heavy (non-hydrogen) atoms. The molecule has 0 radical (unpaired) electrons. The summed E-state index contributed by atoms with van der Waals surface area (Å²) in [5, 5.41) is 3.21. The maximum absolute atomic E-state index is 12.3. The maximum Gasteiger partial charge on any atom is 0.221 e. The average molecular weight is 311 g/mol. The molecule has 4 heteroatoms. The second-order valence-electron chi connectivity index (χ2n) is 5.96. The summed E-state index contributed by atoms with van der Waals surface area (Å²) in [4.78, 5) is 12.3. The second-order valence-corrected chi connectivity index (χ2v) is 5.96. The van der Waals surface area contributed by atoms with Gasteiger partial charge in [0.05, 0.1) is 5.54 Å². The third kappa shape index (κ3) is 4.72. The molecule has 3 nitrogen and oxygen atoms in total. The van der Waals surface area contributed by atoms with Gasteiger partial charge in [0, 0.05) is 13.0 Å². The fraction of sp³-hybridized carbons (Fsp3) is 0.588. The monoisotopic (exact) mass is 310 g/mol. The van der Waals surface area contributed by atoms with Crippen molar-refractivity contribution < 1.29 is 4.79 Å². The Morgan fingerprint density at radius 1 is 1.29 bits per heavy atom. The molecular weight excluding hydrogens is 284 g/mol. The number of nitrogens with two attached hydrogens (primary N) is 1. The molecular formula is C17H27ClN2O. The first-order chi connectivity index (χ1) is 9.69. The number of halogens is 1. The summed E-state index contributed by atoms with van der Waals surface area (Å²) in [6.45, 7) is 2.69. The lowest BCUT2D eigenvalue weighted by atomic mass is 9.91. The molecule has 1 atom stereocenters. The summed E-state index contributed by atoms with van der Waals surface area (Å²) >= 11 is 0. The fourth-order valence-electron chi connectivity index (χ4n) is 3.23. The van der Waals surface area contributed by atoms with Crippen LogP contribution in [0.15, 0.2) is 30.3 Å². The first kappa shape index (κ1) is 18.0. The molecule has 0 bridgehead atoms. The van der Waals surface area contributed by atoms with Crippen molar-refractivity contribution >= 4 is 18.3 Å². The highest BCUT2D eigenvalue weighted by Crippen LogP contribution is 2.30. The van der Waals surface area contributed by atoms with Gasteiger partial charge in [-0.25, -0.2) is 0 Å². The molecule has 0 heterocycles. The lowest BCUT2D eigenvalue weighted by Gasteiger charge is -2.29. The molecule has 118 valence electrons. The van der Waals surface area contributed by atoms with Gasteiger partial charge in [-0.05, 0) is 30.7 Å². The molecule has 0 aliphatic heterocycles. The molecule has 1 saturated carbocycles. The van der Waals surface area contributed by atoms with Gasteiger partial charge in [-0.2, -0.15) is 0 Å². The predicted octanol–water partition coefficient (Wildman–Crippen LogP) is 3.38. The van der Waals surface area contributed by atoms with Gasteiger partial charge in [-0.3, -0.25) is 4.79 Å². The van der Waals surface area contributed by atoms with Gasteiger partial charge in [0.1, 0.15) is 0 Å². The van der Waals surface area contributed by atoms with E-state index in [4.69, 9.17) is 5.73 Å². The average Bonchev–Trinajstić information content (AvgIpc) is 2.94. The zero-order chi connectivity index (χ0) is 14.4. The Morgan fingerprint density at radius 3 is 2.43 bits per heavy atom. The highest BCUT2D eigenvalue weighted by atomic mass is 35.5. The first-order valence-corrected chi connectivity index (χ1v) is 7.75. The number of nitrogens with one attached hydrogen (secondary N) is 1. The van der Waals surface area contributed by atoms with Gasteiger partial charge >= 0.3 is 0 Å². The number of hydrogen-bond acceptors (Lipinski definition) is 2. The Labute approximate surface area is 134 Å². The van der Waals surface area contributed by atoms with E-state index in [0.29, 0.717) is 18.9 Å². The number of amides is 1. The van der Waals surface area contributed by atoms with Crippen LogP contribution >= 0.6 is 12.4 Å². The Bertz CT molecular complexity index is 430. The molecule has 1 aromatic carbocycles. The van der Waals surface area contributed by atoms with Gasteiger partial charge < -0.3 is 11.1 Å². The van der Waals surface area contributed by atoms with E-state index in [0.717, 1.165) is 19.3 Å². The molecule has 0 saturated heterocycles. The fourth-order valence-corrected chi connectivity index (χ4v) is 3.23. The van der Waals surface area contributed by atoms with Crippen LogP contribution in [-0.4, -0.2) is 18.0 Å². The molecule has 1 aliphatic rings. The van der Waals surface area contributed by atoms with Crippen LogP contribution < -0.4 is 11.1 Å². The maximum atomic E-state index is 12.3. The van der Waals surface area contributed by atoms with Gasteiger partial charge in [0.15, 0.2) is 0 Å². The lowest BCUT2D eigenvalue weighted by molar-refractivity contribution is -0.123. The first-order valence-electron chi connectivity index (χ1n) is 7.75. The van der Waals surface area contributed by atoms with E-state index in [1.165, 1.54) is 18.4 Å². The molecule has 0 spiro atoms. The van der Waals surface area contributed by atoms with Crippen LogP contribution in [0.5, 0.6) is 0 Å². The highest BCUT2D eigenvalue weighted by molar-refractivity contribution is 5.85. The van der Waals surface area contributed by atoms with Crippen molar-refractivity contribution in [1.82, 2.24) is 5.32 Å². The van der Waals surface area contributed by atoms with Crippen LogP contribution in [0.3, 0.4) is 0 Å². The van der Waals surface area contributed by atoms with Crippen molar-refractivity contribution in [2.24, 2.45) is 5.73 Å². The van der Waals surface area contributed by atoms with E-state index in [2.05, 4.69) is 24.4 Å². The van der Waals surface area contributed by atoms with Gasteiger partial charge in [0.2, 0.25) is 5.91 Å². The van der Waals surface area contributed by atoms with E-state index in [-0.39, 0.29) is 23.9 Å². The SMILES string of the molecule is CCC(CC(=O)NC1(CN)CCCC1)c1ccccc1.Cl. The van der Waals surface area contributed by atoms with Crippen LogP contribution in [0.2, 0.25) is 0 Å². The molecule has 2 rings (SSSR count). The van der Waals surface area contributed by atoms with E-state index in [1.54, 1.807) is 0 Å². The second kappa shape index (κ2) is 8.40. The largest absolute Gasteiger partial charge is 0.349 e. The number of carbonyl (C=O) groups is 1. The Balaban J connectivity index is 0.00000220. The molecule has 3 N–H and O–H groups in total. The summed E-state index contributed by atoms with van der Waals surface area (Å²) in [7, 11) is 0. The number of carbonyl (C=O) groups excluding carboxylic acids is 1. The molecule has 1 aromatic rings. The zero-order valence-electron chi connectivity index (χ0n) is 12.8. The predicted molar refractivity (Wildman–Crippen MR) is 89.7 cm³/mol. The van der Waals surface area contributed by atoms with Crippen LogP contribution in [0.25, 0.3) is 0 Å². The molecule has 1 aliphatic carbocycles. The summed E-state index contributed by atoms with van der Waals surface area (Å²) in [6, 6.07) is 10.3. The van der Waals surface area contributed by atoms with Crippen molar-refractivity contribution in [3.8, 4) is 0 Å². The molecule has 1 fully saturated rings. The molecule has 0 aromatic heterocycles. The summed E-state index contributed by atoms with van der Waals surface area (Å²) in [5.41, 5.74) is 6.99. The third-order valence-electron chi connectivity index (χ3n) is 4.55. The van der Waals surface area contributed by atoms with Crippen molar-refractivity contribution in [3.05, 3.63) is 35.9 Å². The minimum Gasteiger partial charge on any atom is -0.349 e. The number of hydrogen-bond donors (Lipinski definition) is 2. The van der Waals surface area contributed by atoms with Gasteiger partial charge in [0.25, 0.3) is 0 Å². The van der Waals surface area contributed by atoms with Crippen LogP contribution in [0, 0.1) is 0 Å². The van der Waals surface area contributed by atoms with Crippen molar-refractivity contribution in [2.45, 2.75) is 56.9 Å². The van der Waals surface area contributed by atoms with Crippen LogP contribution in [-0.2, 0) is 4.79 Å². The summed E-state index contributed by atoms with van der Waals surface area (Å²) in [6.07, 6.45) is 5.94.